The summed E-state index contributed by atoms with van der Waals surface area (Å²) in [7, 11) is 0. The molecule has 5 nitrogen and oxygen atoms in total. The molecule has 26 heavy (non-hydrogen) atoms. The molecule has 1 N–H and O–H groups in total. The molecule has 1 amide bonds. The number of hydrogen-bond donors (Lipinski definition) is 1. The van der Waals surface area contributed by atoms with E-state index in [1.165, 1.54) is 5.56 Å². The third kappa shape index (κ3) is 4.15. The molecule has 2 aromatic rings. The second-order valence-corrected chi connectivity index (χ2v) is 7.92. The molecule has 0 radical (unpaired) electrons. The van der Waals surface area contributed by atoms with Gasteiger partial charge in [-0.25, -0.2) is 0 Å². The molecule has 5 heteroatoms. The predicted octanol–water partition coefficient (Wildman–Crippen LogP) is 2.84. The summed E-state index contributed by atoms with van der Waals surface area (Å²) < 4.78 is 0. The van der Waals surface area contributed by atoms with Gasteiger partial charge in [-0.3, -0.25) is 14.5 Å². The Morgan fingerprint density at radius 1 is 1.12 bits per heavy atom. The van der Waals surface area contributed by atoms with Crippen LogP contribution in [0.2, 0.25) is 0 Å². The Hall–Kier alpha value is -2.14. The van der Waals surface area contributed by atoms with Crippen LogP contribution in [0.5, 0.6) is 0 Å². The zero-order valence-electron chi connectivity index (χ0n) is 16.3. The molecule has 3 rings (SSSR count). The van der Waals surface area contributed by atoms with Gasteiger partial charge in [-0.05, 0) is 42.8 Å². The number of H-pyrrole nitrogens is 1. The third-order valence-electron chi connectivity index (χ3n) is 5.07. The molecule has 1 aromatic heterocycles. The van der Waals surface area contributed by atoms with Crippen LogP contribution in [0.15, 0.2) is 23.0 Å². The highest BCUT2D eigenvalue weighted by Gasteiger charge is 2.22. The van der Waals surface area contributed by atoms with E-state index in [2.05, 4.69) is 42.8 Å². The molecule has 140 valence electrons. The molecule has 0 spiro atoms. The van der Waals surface area contributed by atoms with Gasteiger partial charge in [0.05, 0.1) is 5.52 Å². The second kappa shape index (κ2) is 7.62. The summed E-state index contributed by atoms with van der Waals surface area (Å²) in [6, 6.07) is 6.22. The third-order valence-corrected chi connectivity index (χ3v) is 5.07. The number of rotatable bonds is 4. The standard InChI is InChI=1S/C21H29N3O2/c1-14(2)9-19(25)24-7-5-23(6-8-24)13-18-12-17-11-15(3)10-16(4)20(17)22-21(18)26/h10-12,14H,5-9,13H2,1-4H3,(H,22,26). The van der Waals surface area contributed by atoms with Gasteiger partial charge in [0.2, 0.25) is 5.91 Å². The van der Waals surface area contributed by atoms with Crippen LogP contribution in [-0.2, 0) is 11.3 Å². The van der Waals surface area contributed by atoms with Crippen molar-refractivity contribution >= 4 is 16.8 Å². The lowest BCUT2D eigenvalue weighted by Gasteiger charge is -2.35. The Balaban J connectivity index is 1.70. The van der Waals surface area contributed by atoms with Crippen LogP contribution in [-0.4, -0.2) is 46.9 Å². The average Bonchev–Trinajstić information content (AvgIpc) is 2.56. The molecule has 0 atom stereocenters. The van der Waals surface area contributed by atoms with Crippen molar-refractivity contribution in [2.45, 2.75) is 40.7 Å². The van der Waals surface area contributed by atoms with Gasteiger partial charge in [-0.2, -0.15) is 0 Å². The van der Waals surface area contributed by atoms with E-state index in [-0.39, 0.29) is 11.5 Å². The van der Waals surface area contributed by atoms with E-state index in [9.17, 15) is 9.59 Å². The van der Waals surface area contributed by atoms with E-state index < -0.39 is 0 Å². The molecule has 0 saturated carbocycles. The summed E-state index contributed by atoms with van der Waals surface area (Å²) in [5.74, 6) is 0.637. The molecule has 1 aliphatic heterocycles. The normalized spacial score (nSPS) is 15.8. The van der Waals surface area contributed by atoms with Crippen molar-refractivity contribution in [2.75, 3.05) is 26.2 Å². The topological polar surface area (TPSA) is 56.4 Å². The van der Waals surface area contributed by atoms with Crippen molar-refractivity contribution < 1.29 is 4.79 Å². The van der Waals surface area contributed by atoms with Crippen molar-refractivity contribution in [3.05, 3.63) is 45.2 Å². The van der Waals surface area contributed by atoms with Crippen LogP contribution < -0.4 is 5.56 Å². The van der Waals surface area contributed by atoms with E-state index in [0.29, 0.717) is 18.9 Å². The Bertz CT molecular complexity index is 861. The van der Waals surface area contributed by atoms with Gasteiger partial charge in [0, 0.05) is 44.7 Å². The number of carbonyl (C=O) groups excluding carboxylic acids is 1. The van der Waals surface area contributed by atoms with Crippen LogP contribution in [0.1, 0.15) is 37.0 Å². The number of carbonyl (C=O) groups is 1. The van der Waals surface area contributed by atoms with Crippen LogP contribution in [0.4, 0.5) is 0 Å². The first-order valence-electron chi connectivity index (χ1n) is 9.47. The van der Waals surface area contributed by atoms with Crippen LogP contribution in [0, 0.1) is 19.8 Å². The molecule has 0 aliphatic carbocycles. The number of aryl methyl sites for hydroxylation is 2. The van der Waals surface area contributed by atoms with Crippen LogP contribution >= 0.6 is 0 Å². The van der Waals surface area contributed by atoms with E-state index in [0.717, 1.165) is 48.2 Å². The van der Waals surface area contributed by atoms with E-state index in [4.69, 9.17) is 0 Å². The molecule has 0 unspecified atom stereocenters. The van der Waals surface area contributed by atoms with E-state index in [1.54, 1.807) is 0 Å². The number of pyridine rings is 1. The van der Waals surface area contributed by atoms with Gasteiger partial charge >= 0.3 is 0 Å². The molecule has 0 bridgehead atoms. The predicted molar refractivity (Wildman–Crippen MR) is 105 cm³/mol. The number of fused-ring (bicyclic) bond motifs is 1. The van der Waals surface area contributed by atoms with Gasteiger partial charge in [-0.1, -0.05) is 25.5 Å². The van der Waals surface area contributed by atoms with Crippen molar-refractivity contribution in [3.63, 3.8) is 0 Å². The maximum atomic E-state index is 12.5. The molecule has 2 heterocycles. The molecular formula is C21H29N3O2. The summed E-state index contributed by atoms with van der Waals surface area (Å²) >= 11 is 0. The number of piperazine rings is 1. The van der Waals surface area contributed by atoms with E-state index >= 15 is 0 Å². The first-order chi connectivity index (χ1) is 12.3. The minimum Gasteiger partial charge on any atom is -0.340 e. The molecule has 1 aromatic carbocycles. The van der Waals surface area contributed by atoms with Crippen LogP contribution in [0.3, 0.4) is 0 Å². The van der Waals surface area contributed by atoms with Gasteiger partial charge in [0.15, 0.2) is 0 Å². The van der Waals surface area contributed by atoms with Crippen molar-refractivity contribution in [1.29, 1.82) is 0 Å². The van der Waals surface area contributed by atoms with Crippen molar-refractivity contribution in [2.24, 2.45) is 5.92 Å². The summed E-state index contributed by atoms with van der Waals surface area (Å²) in [6.45, 7) is 12.0. The molecule has 1 fully saturated rings. The van der Waals surface area contributed by atoms with Crippen molar-refractivity contribution in [1.82, 2.24) is 14.8 Å². The largest absolute Gasteiger partial charge is 0.340 e. The number of hydrogen-bond acceptors (Lipinski definition) is 3. The fraction of sp³-hybridized carbons (Fsp3) is 0.524. The zero-order valence-corrected chi connectivity index (χ0v) is 16.3. The number of aromatic amines is 1. The SMILES string of the molecule is Cc1cc(C)c2[nH]c(=O)c(CN3CCN(C(=O)CC(C)C)CC3)cc2c1. The Kier molecular flexibility index (Phi) is 5.47. The maximum Gasteiger partial charge on any atom is 0.252 e. The maximum absolute atomic E-state index is 12.5. The Morgan fingerprint density at radius 3 is 2.46 bits per heavy atom. The van der Waals surface area contributed by atoms with Gasteiger partial charge in [-0.15, -0.1) is 0 Å². The quantitative estimate of drug-likeness (QED) is 0.917. The highest BCUT2D eigenvalue weighted by molar-refractivity contribution is 5.82. The molecule has 1 aliphatic rings. The molecular weight excluding hydrogens is 326 g/mol. The summed E-state index contributed by atoms with van der Waals surface area (Å²) in [5, 5.41) is 1.09. The highest BCUT2D eigenvalue weighted by Crippen LogP contribution is 2.19. The van der Waals surface area contributed by atoms with Gasteiger partial charge in [0.25, 0.3) is 5.56 Å². The summed E-state index contributed by atoms with van der Waals surface area (Å²) in [4.78, 5) is 31.9. The number of aromatic nitrogens is 1. The minimum atomic E-state index is -0.0113. The minimum absolute atomic E-state index is 0.0113. The Morgan fingerprint density at radius 2 is 1.81 bits per heavy atom. The monoisotopic (exact) mass is 355 g/mol. The zero-order chi connectivity index (χ0) is 18.8. The fourth-order valence-corrected chi connectivity index (χ4v) is 3.72. The lowest BCUT2D eigenvalue weighted by molar-refractivity contribution is -0.133. The van der Waals surface area contributed by atoms with Gasteiger partial charge in [0.1, 0.15) is 0 Å². The van der Waals surface area contributed by atoms with E-state index in [1.807, 2.05) is 17.9 Å². The lowest BCUT2D eigenvalue weighted by atomic mass is 10.0. The number of nitrogens with zero attached hydrogens (tertiary/aromatic N) is 2. The van der Waals surface area contributed by atoms with Gasteiger partial charge < -0.3 is 9.88 Å². The smallest absolute Gasteiger partial charge is 0.252 e. The first-order valence-corrected chi connectivity index (χ1v) is 9.47. The lowest BCUT2D eigenvalue weighted by Crippen LogP contribution is -2.48. The summed E-state index contributed by atoms with van der Waals surface area (Å²) in [6.07, 6.45) is 0.614. The number of benzene rings is 1. The Labute approximate surface area is 155 Å². The number of nitrogens with one attached hydrogen (secondary N) is 1. The highest BCUT2D eigenvalue weighted by atomic mass is 16.2. The van der Waals surface area contributed by atoms with Crippen molar-refractivity contribution in [3.8, 4) is 0 Å². The fourth-order valence-electron chi connectivity index (χ4n) is 3.72. The number of amides is 1. The van der Waals surface area contributed by atoms with Crippen LogP contribution in [0.25, 0.3) is 10.9 Å². The first kappa shape index (κ1) is 18.6. The second-order valence-electron chi connectivity index (χ2n) is 7.92. The average molecular weight is 355 g/mol. The summed E-state index contributed by atoms with van der Waals surface area (Å²) in [5.41, 5.74) is 4.01. The molecule has 1 saturated heterocycles.